The van der Waals surface area contributed by atoms with Crippen LogP contribution >= 0.6 is 0 Å². The van der Waals surface area contributed by atoms with Crippen molar-refractivity contribution < 1.29 is 9.53 Å². The van der Waals surface area contributed by atoms with Crippen molar-refractivity contribution in [2.45, 2.75) is 76.9 Å². The molecule has 4 aliphatic rings. The van der Waals surface area contributed by atoms with Crippen molar-refractivity contribution in [1.29, 1.82) is 0 Å². The largest absolute Gasteiger partial charge is 0.444 e. The number of hydrogen-bond acceptors (Lipinski definition) is 2. The summed E-state index contributed by atoms with van der Waals surface area (Å²) >= 11 is 0. The summed E-state index contributed by atoms with van der Waals surface area (Å²) in [6.07, 6.45) is 8.39. The van der Waals surface area contributed by atoms with Crippen LogP contribution in [-0.4, -0.2) is 17.2 Å². The summed E-state index contributed by atoms with van der Waals surface area (Å²) in [4.78, 5) is 12.2. The van der Waals surface area contributed by atoms with E-state index in [1.54, 1.807) is 0 Å². The third-order valence-electron chi connectivity index (χ3n) is 5.63. The first-order chi connectivity index (χ1) is 8.90. The number of carbonyl (C=O) groups excluding carboxylic acids is 1. The summed E-state index contributed by atoms with van der Waals surface area (Å²) in [7, 11) is 0. The Kier molecular flexibility index (Phi) is 3.06. The number of nitrogens with one attached hydrogen (secondary N) is 1. The molecule has 1 amide bonds. The van der Waals surface area contributed by atoms with Crippen LogP contribution in [0.3, 0.4) is 0 Å². The summed E-state index contributed by atoms with van der Waals surface area (Å²) in [5, 5.41) is 3.25. The van der Waals surface area contributed by atoms with Crippen molar-refractivity contribution in [2.24, 2.45) is 17.8 Å². The Labute approximate surface area is 116 Å². The topological polar surface area (TPSA) is 38.3 Å². The lowest BCUT2D eigenvalue weighted by atomic mass is 9.53. The highest BCUT2D eigenvalue weighted by Crippen LogP contribution is 2.55. The molecule has 0 spiro atoms. The van der Waals surface area contributed by atoms with Gasteiger partial charge in [0.15, 0.2) is 0 Å². The fourth-order valence-corrected chi connectivity index (χ4v) is 4.83. The van der Waals surface area contributed by atoms with Crippen LogP contribution in [0, 0.1) is 17.8 Å². The van der Waals surface area contributed by atoms with Gasteiger partial charge in [-0.1, -0.05) is 6.92 Å². The maximum absolute atomic E-state index is 12.2. The zero-order valence-electron chi connectivity index (χ0n) is 12.5. The molecule has 0 unspecified atom stereocenters. The minimum Gasteiger partial charge on any atom is -0.444 e. The molecule has 108 valence electrons. The smallest absolute Gasteiger partial charge is 0.408 e. The second-order valence-electron chi connectivity index (χ2n) is 7.83. The van der Waals surface area contributed by atoms with Gasteiger partial charge in [0.2, 0.25) is 0 Å². The average molecular weight is 265 g/mol. The minimum atomic E-state index is -0.355. The summed E-state index contributed by atoms with van der Waals surface area (Å²) in [6.45, 7) is 6.01. The molecule has 0 aromatic heterocycles. The first-order valence-electron chi connectivity index (χ1n) is 7.91. The van der Waals surface area contributed by atoms with E-state index in [-0.39, 0.29) is 17.2 Å². The van der Waals surface area contributed by atoms with Gasteiger partial charge in [0, 0.05) is 5.54 Å². The fourth-order valence-electron chi connectivity index (χ4n) is 4.83. The van der Waals surface area contributed by atoms with E-state index >= 15 is 0 Å². The molecule has 4 bridgehead atoms. The Morgan fingerprint density at radius 1 is 1.16 bits per heavy atom. The van der Waals surface area contributed by atoms with E-state index < -0.39 is 0 Å². The number of amides is 1. The molecule has 3 heteroatoms. The maximum atomic E-state index is 12.2. The predicted octanol–water partition coefficient (Wildman–Crippen LogP) is 3.87. The Balaban J connectivity index is 1.65. The third-order valence-corrected chi connectivity index (χ3v) is 5.63. The molecule has 0 saturated heterocycles. The van der Waals surface area contributed by atoms with Crippen LogP contribution in [0.4, 0.5) is 4.79 Å². The minimum absolute atomic E-state index is 0.0651. The SMILES string of the molecule is CCC(C)(C)OC(=O)NC12CC3CC(CC(C3)C1)C2. The van der Waals surface area contributed by atoms with Crippen molar-refractivity contribution in [3.63, 3.8) is 0 Å². The monoisotopic (exact) mass is 265 g/mol. The van der Waals surface area contributed by atoms with Crippen molar-refractivity contribution >= 4 is 6.09 Å². The third kappa shape index (κ3) is 2.61. The number of alkyl carbamates (subject to hydrolysis) is 1. The molecule has 19 heavy (non-hydrogen) atoms. The van der Waals surface area contributed by atoms with E-state index in [1.807, 2.05) is 13.8 Å². The number of carbonyl (C=O) groups is 1. The molecule has 4 rings (SSSR count). The fraction of sp³-hybridized carbons (Fsp3) is 0.938. The first kappa shape index (κ1) is 13.3. The Bertz CT molecular complexity index is 340. The molecule has 0 atom stereocenters. The highest BCUT2D eigenvalue weighted by atomic mass is 16.6. The normalized spacial score (nSPS) is 40.3. The van der Waals surface area contributed by atoms with Gasteiger partial charge < -0.3 is 10.1 Å². The van der Waals surface area contributed by atoms with Crippen molar-refractivity contribution in [3.05, 3.63) is 0 Å². The van der Waals surface area contributed by atoms with Crippen LogP contribution in [0.2, 0.25) is 0 Å². The molecule has 3 nitrogen and oxygen atoms in total. The van der Waals surface area contributed by atoms with Gasteiger partial charge in [0.05, 0.1) is 0 Å². The summed E-state index contributed by atoms with van der Waals surface area (Å²) < 4.78 is 5.58. The van der Waals surface area contributed by atoms with Gasteiger partial charge in [-0.05, 0) is 76.5 Å². The van der Waals surface area contributed by atoms with E-state index in [9.17, 15) is 4.79 Å². The van der Waals surface area contributed by atoms with Gasteiger partial charge in [-0.15, -0.1) is 0 Å². The van der Waals surface area contributed by atoms with Gasteiger partial charge in [-0.2, -0.15) is 0 Å². The van der Waals surface area contributed by atoms with Gasteiger partial charge >= 0.3 is 6.09 Å². The molecule has 1 N–H and O–H groups in total. The molecule has 4 saturated carbocycles. The van der Waals surface area contributed by atoms with Crippen LogP contribution in [0.1, 0.15) is 65.7 Å². The Hall–Kier alpha value is -0.730. The molecule has 4 aliphatic carbocycles. The lowest BCUT2D eigenvalue weighted by Gasteiger charge is -2.56. The zero-order chi connectivity index (χ0) is 13.7. The highest BCUT2D eigenvalue weighted by Gasteiger charge is 2.51. The van der Waals surface area contributed by atoms with Crippen molar-refractivity contribution in [1.82, 2.24) is 5.32 Å². The molecular weight excluding hydrogens is 238 g/mol. The van der Waals surface area contributed by atoms with Crippen LogP contribution in [0.5, 0.6) is 0 Å². The van der Waals surface area contributed by atoms with E-state index in [2.05, 4.69) is 12.2 Å². The van der Waals surface area contributed by atoms with E-state index in [0.29, 0.717) is 0 Å². The van der Waals surface area contributed by atoms with Crippen molar-refractivity contribution in [3.8, 4) is 0 Å². The van der Waals surface area contributed by atoms with E-state index in [0.717, 1.165) is 24.2 Å². The zero-order valence-corrected chi connectivity index (χ0v) is 12.5. The first-order valence-corrected chi connectivity index (χ1v) is 7.91. The van der Waals surface area contributed by atoms with Crippen LogP contribution in [0.15, 0.2) is 0 Å². The van der Waals surface area contributed by atoms with Crippen molar-refractivity contribution in [2.75, 3.05) is 0 Å². The highest BCUT2D eigenvalue weighted by molar-refractivity contribution is 5.69. The standard InChI is InChI=1S/C16H27NO2/c1-4-15(2,3)19-14(18)17-16-8-11-5-12(9-16)7-13(6-11)10-16/h11-13H,4-10H2,1-3H3,(H,17,18). The summed E-state index contributed by atoms with van der Waals surface area (Å²) in [5.74, 6) is 2.56. The van der Waals surface area contributed by atoms with E-state index in [4.69, 9.17) is 4.74 Å². The molecule has 0 heterocycles. The number of hydrogen-bond donors (Lipinski definition) is 1. The Morgan fingerprint density at radius 2 is 1.63 bits per heavy atom. The summed E-state index contributed by atoms with van der Waals surface area (Å²) in [5.41, 5.74) is -0.290. The second-order valence-corrected chi connectivity index (χ2v) is 7.83. The predicted molar refractivity (Wildman–Crippen MR) is 74.9 cm³/mol. The van der Waals surface area contributed by atoms with Crippen LogP contribution < -0.4 is 5.32 Å². The second kappa shape index (κ2) is 4.39. The van der Waals surface area contributed by atoms with Gasteiger partial charge in [0.25, 0.3) is 0 Å². The van der Waals surface area contributed by atoms with Gasteiger partial charge in [-0.25, -0.2) is 4.79 Å². The van der Waals surface area contributed by atoms with Gasteiger partial charge in [0.1, 0.15) is 5.60 Å². The van der Waals surface area contributed by atoms with Crippen LogP contribution in [0.25, 0.3) is 0 Å². The number of rotatable bonds is 3. The number of ether oxygens (including phenoxy) is 1. The average Bonchev–Trinajstić information content (AvgIpc) is 2.25. The molecule has 0 radical (unpaired) electrons. The molecule has 4 fully saturated rings. The molecular formula is C16H27NO2. The molecule has 0 aliphatic heterocycles. The molecule has 0 aromatic rings. The quantitative estimate of drug-likeness (QED) is 0.841. The summed E-state index contributed by atoms with van der Waals surface area (Å²) in [6, 6.07) is 0. The lowest BCUT2D eigenvalue weighted by Crippen LogP contribution is -2.60. The van der Waals surface area contributed by atoms with E-state index in [1.165, 1.54) is 38.5 Å². The molecule has 0 aromatic carbocycles. The van der Waals surface area contributed by atoms with Crippen LogP contribution in [-0.2, 0) is 4.74 Å². The maximum Gasteiger partial charge on any atom is 0.408 e. The van der Waals surface area contributed by atoms with Gasteiger partial charge in [-0.3, -0.25) is 0 Å². The lowest BCUT2D eigenvalue weighted by molar-refractivity contribution is -0.0292. The Morgan fingerprint density at radius 3 is 2.05 bits per heavy atom.